The van der Waals surface area contributed by atoms with Crippen LogP contribution in [0.3, 0.4) is 0 Å². The number of hydrogen-bond donors (Lipinski definition) is 0. The van der Waals surface area contributed by atoms with Crippen LogP contribution in [-0.4, -0.2) is 108 Å². The summed E-state index contributed by atoms with van der Waals surface area (Å²) in [6.45, 7) is 28.1. The highest BCUT2D eigenvalue weighted by molar-refractivity contribution is 6.99. The molecule has 16 heteroatoms. The predicted octanol–water partition coefficient (Wildman–Crippen LogP) is 11.9. The maximum Gasteiger partial charge on any atom is 0.261 e. The number of benzene rings is 4. The first-order valence-corrected chi connectivity index (χ1v) is 35.5. The van der Waals surface area contributed by atoms with E-state index in [1.807, 2.05) is 68.5 Å². The lowest BCUT2D eigenvalue weighted by Crippen LogP contribution is -2.66. The molecule has 0 aromatic heterocycles. The summed E-state index contributed by atoms with van der Waals surface area (Å²) < 4.78 is 71.9. The van der Waals surface area contributed by atoms with Gasteiger partial charge in [-0.25, -0.2) is 0 Å². The number of carbonyl (C=O) groups is 1. The number of rotatable bonds is 20. The fourth-order valence-corrected chi connectivity index (χ4v) is 16.5. The van der Waals surface area contributed by atoms with Crippen molar-refractivity contribution in [1.82, 2.24) is 0 Å². The van der Waals surface area contributed by atoms with Crippen LogP contribution in [-0.2, 0) is 42.1 Å². The van der Waals surface area contributed by atoms with Gasteiger partial charge in [-0.2, -0.15) is 0 Å². The normalized spacial score (nSPS) is 23.0. The molecule has 0 N–H and O–H groups in total. The Labute approximate surface area is 472 Å². The molecule has 2 saturated heterocycles. The summed E-state index contributed by atoms with van der Waals surface area (Å²) in [5.41, 5.74) is 2.20. The zero-order valence-corrected chi connectivity index (χ0v) is 52.3. The summed E-state index contributed by atoms with van der Waals surface area (Å²) in [4.78, 5) is 13.7. The second-order valence-corrected chi connectivity index (χ2v) is 38.5. The Hall–Kier alpha value is -4.57. The second kappa shape index (κ2) is 24.3. The zero-order valence-electron chi connectivity index (χ0n) is 48.6. The van der Waals surface area contributed by atoms with Crippen molar-refractivity contribution in [1.29, 1.82) is 0 Å². The minimum atomic E-state index is -2.91. The SMILES string of the molecule is COCO[C@H](CCO[Si](c1ccccc1)(c1ccccc1)C(C)(C)C)c1ccc(OC)c(O[C@H](C#C[Si](C)(C)C)[C@@]23OC(C)(C)O[C@@H]2CC=C3C#C[C@@]2(C=O)O[C@H](c3ccc(OC)cc3)O[C@@H]2CO[Si](C)(C)C(C)(C)C)c1Cl. The van der Waals surface area contributed by atoms with Crippen LogP contribution in [0.4, 0.5) is 0 Å². The lowest BCUT2D eigenvalue weighted by atomic mass is 9.86. The van der Waals surface area contributed by atoms with E-state index in [2.05, 4.69) is 146 Å². The van der Waals surface area contributed by atoms with Gasteiger partial charge in [0.05, 0.1) is 32.0 Å². The van der Waals surface area contributed by atoms with Crippen molar-refractivity contribution in [2.75, 3.05) is 41.3 Å². The van der Waals surface area contributed by atoms with E-state index in [0.29, 0.717) is 47.6 Å². The van der Waals surface area contributed by atoms with E-state index in [1.54, 1.807) is 21.3 Å². The minimum absolute atomic E-state index is 0.00817. The van der Waals surface area contributed by atoms with Crippen LogP contribution in [0.2, 0.25) is 47.8 Å². The standard InChI is InChI=1S/C62H81ClO12Si3/c1-58(2,3)77(15,16)70-41-54-61(42-64,74-57(72-54)44-27-30-46(66-10)31-28-44)38-35-45-29-34-53-62(45,75-60(7,8)73-53)52(37-40-76(12,13)14)71-56-51(67-11)33-32-49(55(56)63)50(68-43-65-9)36-39-69-78(59(4,5)6,47-23-19-17-20-24-47)48-25-21-18-22-26-48/h17-33,42,50,52-54,57H,34,36,39,41,43H2,1-16H3/t50-,52-,53-,54-,57-,61+,62-/m1/s1. The van der Waals surface area contributed by atoms with E-state index < -0.39 is 72.4 Å². The summed E-state index contributed by atoms with van der Waals surface area (Å²) in [6, 6.07) is 32.1. The predicted molar refractivity (Wildman–Crippen MR) is 314 cm³/mol. The van der Waals surface area contributed by atoms with Gasteiger partial charge in [0.15, 0.2) is 49.9 Å². The molecule has 0 unspecified atom stereocenters. The first kappa shape index (κ1) is 61.1. The molecule has 7 atom stereocenters. The van der Waals surface area contributed by atoms with Crippen molar-refractivity contribution in [2.45, 2.75) is 159 Å². The molecule has 0 spiro atoms. The van der Waals surface area contributed by atoms with Gasteiger partial charge in [-0.15, -0.1) is 5.54 Å². The summed E-state index contributed by atoms with van der Waals surface area (Å²) >= 11 is 7.65. The van der Waals surface area contributed by atoms with E-state index in [9.17, 15) is 4.79 Å². The molecule has 3 aliphatic rings. The smallest absolute Gasteiger partial charge is 0.261 e. The fourth-order valence-electron chi connectivity index (χ4n) is 10.0. The largest absolute Gasteiger partial charge is 0.497 e. The Kier molecular flexibility index (Phi) is 19.0. The molecule has 2 heterocycles. The maximum atomic E-state index is 13.7. The highest BCUT2D eigenvalue weighted by Gasteiger charge is 2.63. The fraction of sp³-hybridized carbons (Fsp3) is 0.500. The van der Waals surface area contributed by atoms with Gasteiger partial charge in [-0.1, -0.05) is 175 Å². The molecule has 420 valence electrons. The molecule has 78 heavy (non-hydrogen) atoms. The maximum absolute atomic E-state index is 13.7. The molecule has 2 fully saturated rings. The minimum Gasteiger partial charge on any atom is -0.497 e. The van der Waals surface area contributed by atoms with Gasteiger partial charge < -0.3 is 51.5 Å². The van der Waals surface area contributed by atoms with Crippen molar-refractivity contribution in [3.8, 4) is 40.6 Å². The number of aldehydes is 1. The van der Waals surface area contributed by atoms with Crippen LogP contribution >= 0.6 is 11.6 Å². The Morgan fingerprint density at radius 1 is 0.808 bits per heavy atom. The van der Waals surface area contributed by atoms with E-state index >= 15 is 0 Å². The van der Waals surface area contributed by atoms with E-state index in [4.69, 9.17) is 63.1 Å². The monoisotopic (exact) mass is 1140 g/mol. The van der Waals surface area contributed by atoms with E-state index in [0.717, 1.165) is 6.29 Å². The highest BCUT2D eigenvalue weighted by Crippen LogP contribution is 2.52. The lowest BCUT2D eigenvalue weighted by molar-refractivity contribution is -0.166. The number of carbonyl (C=O) groups excluding carboxylic acids is 1. The van der Waals surface area contributed by atoms with Crippen molar-refractivity contribution in [3.63, 3.8) is 0 Å². The summed E-state index contributed by atoms with van der Waals surface area (Å²) in [5, 5.41) is 2.24. The summed E-state index contributed by atoms with van der Waals surface area (Å²) in [7, 11) is -2.62. The summed E-state index contributed by atoms with van der Waals surface area (Å²) in [5.74, 6) is 10.4. The highest BCUT2D eigenvalue weighted by atomic mass is 35.5. The third kappa shape index (κ3) is 12.9. The van der Waals surface area contributed by atoms with E-state index in [1.165, 1.54) is 10.4 Å². The second-order valence-electron chi connectivity index (χ2n) is 24.2. The van der Waals surface area contributed by atoms with Crippen molar-refractivity contribution in [2.24, 2.45) is 0 Å². The van der Waals surface area contributed by atoms with Gasteiger partial charge in [-0.05, 0) is 72.0 Å². The molecule has 0 saturated carbocycles. The van der Waals surface area contributed by atoms with Gasteiger partial charge in [0.2, 0.25) is 5.60 Å². The molecule has 0 radical (unpaired) electrons. The number of ether oxygens (including phenoxy) is 9. The van der Waals surface area contributed by atoms with Crippen LogP contribution in [0.15, 0.2) is 109 Å². The third-order valence-electron chi connectivity index (χ3n) is 15.1. The summed E-state index contributed by atoms with van der Waals surface area (Å²) in [6.07, 6.45) is -0.625. The molecular weight excluding hydrogens is 1060 g/mol. The Bertz CT molecular complexity index is 2820. The van der Waals surface area contributed by atoms with Crippen LogP contribution in [0.25, 0.3) is 0 Å². The van der Waals surface area contributed by atoms with Crippen molar-refractivity contribution < 1.29 is 56.3 Å². The first-order valence-electron chi connectivity index (χ1n) is 26.8. The molecule has 1 aliphatic carbocycles. The van der Waals surface area contributed by atoms with Crippen molar-refractivity contribution in [3.05, 3.63) is 125 Å². The van der Waals surface area contributed by atoms with Gasteiger partial charge in [-0.3, -0.25) is 4.79 Å². The molecule has 2 aliphatic heterocycles. The number of methoxy groups -OCH3 is 3. The number of hydrogen-bond acceptors (Lipinski definition) is 12. The van der Waals surface area contributed by atoms with Gasteiger partial charge >= 0.3 is 0 Å². The topological polar surface area (TPSA) is 119 Å². The first-order chi connectivity index (χ1) is 36.7. The molecular formula is C62H81ClO12Si3. The molecule has 0 bridgehead atoms. The zero-order chi connectivity index (χ0) is 57.0. The van der Waals surface area contributed by atoms with Crippen molar-refractivity contribution >= 4 is 53.0 Å². The van der Waals surface area contributed by atoms with Crippen LogP contribution in [0.1, 0.15) is 91.8 Å². The molecule has 0 amide bonds. The van der Waals surface area contributed by atoms with Crippen LogP contribution < -0.4 is 24.6 Å². The number of halogens is 1. The quantitative estimate of drug-likeness (QED) is 0.0363. The average Bonchev–Trinajstić information content (AvgIpc) is 4.20. The number of fused-ring (bicyclic) bond motifs is 1. The third-order valence-corrected chi connectivity index (χ3v) is 25.9. The van der Waals surface area contributed by atoms with Gasteiger partial charge in [0, 0.05) is 36.8 Å². The Balaban J connectivity index is 1.30. The van der Waals surface area contributed by atoms with E-state index in [-0.39, 0.29) is 34.2 Å². The molecule has 7 rings (SSSR count). The Morgan fingerprint density at radius 3 is 2.00 bits per heavy atom. The average molecular weight is 1140 g/mol. The van der Waals surface area contributed by atoms with Crippen LogP contribution in [0.5, 0.6) is 17.2 Å². The molecule has 4 aromatic rings. The molecule has 4 aromatic carbocycles. The lowest BCUT2D eigenvalue weighted by Gasteiger charge is -2.43. The Morgan fingerprint density at radius 2 is 1.45 bits per heavy atom. The van der Waals surface area contributed by atoms with Crippen LogP contribution in [0, 0.1) is 23.3 Å². The van der Waals surface area contributed by atoms with Gasteiger partial charge in [0.25, 0.3) is 8.32 Å². The van der Waals surface area contributed by atoms with Gasteiger partial charge in [0.1, 0.15) is 32.8 Å². The molecule has 12 nitrogen and oxygen atoms in total.